The molecule has 2 atom stereocenters. The molecule has 0 saturated carbocycles. The lowest BCUT2D eigenvalue weighted by molar-refractivity contribution is -0.384. The monoisotopic (exact) mass is 307 g/mol. The fourth-order valence-corrected chi connectivity index (χ4v) is 2.41. The van der Waals surface area contributed by atoms with Crippen LogP contribution in [0.3, 0.4) is 0 Å². The number of hydrogen-bond donors (Lipinski definition) is 2. The first-order valence-electron chi connectivity index (χ1n) is 6.91. The fraction of sp³-hybridized carbons (Fsp3) is 0.429. The first kappa shape index (κ1) is 15.7. The van der Waals surface area contributed by atoms with E-state index in [4.69, 9.17) is 5.11 Å². The highest BCUT2D eigenvalue weighted by Gasteiger charge is 2.31. The van der Waals surface area contributed by atoms with Gasteiger partial charge in [-0.3, -0.25) is 14.9 Å². The van der Waals surface area contributed by atoms with E-state index in [1.54, 1.807) is 19.1 Å². The molecule has 1 heterocycles. The van der Waals surface area contributed by atoms with E-state index in [2.05, 4.69) is 5.32 Å². The highest BCUT2D eigenvalue weighted by atomic mass is 16.6. The van der Waals surface area contributed by atoms with Gasteiger partial charge in [0.2, 0.25) is 0 Å². The van der Waals surface area contributed by atoms with E-state index in [-0.39, 0.29) is 18.3 Å². The second-order valence-corrected chi connectivity index (χ2v) is 5.29. The standard InChI is InChI=1S/C14H17N3O5/c1-9(10-3-2-4-12(7-10)17(21)22)15-14(20)16-6-5-11(8-16)13(18)19/h2-4,7,9,11H,5-6,8H2,1H3,(H,15,20)(H,18,19). The van der Waals surface area contributed by atoms with Crippen molar-refractivity contribution < 1.29 is 19.6 Å². The van der Waals surface area contributed by atoms with Crippen LogP contribution >= 0.6 is 0 Å². The lowest BCUT2D eigenvalue weighted by Gasteiger charge is -2.21. The lowest BCUT2D eigenvalue weighted by atomic mass is 10.1. The summed E-state index contributed by atoms with van der Waals surface area (Å²) < 4.78 is 0. The summed E-state index contributed by atoms with van der Waals surface area (Å²) in [7, 11) is 0. The van der Waals surface area contributed by atoms with Gasteiger partial charge in [-0.2, -0.15) is 0 Å². The molecule has 2 rings (SSSR count). The van der Waals surface area contributed by atoms with Crippen LogP contribution in [0, 0.1) is 16.0 Å². The van der Waals surface area contributed by atoms with Crippen LogP contribution in [-0.2, 0) is 4.79 Å². The Morgan fingerprint density at radius 1 is 1.50 bits per heavy atom. The number of carbonyl (C=O) groups is 2. The van der Waals surface area contributed by atoms with Crippen LogP contribution in [0.25, 0.3) is 0 Å². The zero-order chi connectivity index (χ0) is 16.3. The Balaban J connectivity index is 1.98. The molecule has 0 spiro atoms. The van der Waals surface area contributed by atoms with Gasteiger partial charge >= 0.3 is 12.0 Å². The van der Waals surface area contributed by atoms with Crippen LogP contribution in [0.2, 0.25) is 0 Å². The fourth-order valence-electron chi connectivity index (χ4n) is 2.41. The van der Waals surface area contributed by atoms with Gasteiger partial charge in [0, 0.05) is 25.2 Å². The number of carboxylic acids is 1. The van der Waals surface area contributed by atoms with Crippen LogP contribution in [0.1, 0.15) is 24.9 Å². The predicted octanol–water partition coefficient (Wildman–Crippen LogP) is 1.77. The molecule has 2 unspecified atom stereocenters. The first-order valence-corrected chi connectivity index (χ1v) is 6.91. The lowest BCUT2D eigenvalue weighted by Crippen LogP contribution is -2.40. The van der Waals surface area contributed by atoms with E-state index in [0.717, 1.165) is 0 Å². The normalized spacial score (nSPS) is 18.8. The Morgan fingerprint density at radius 3 is 2.82 bits per heavy atom. The number of non-ortho nitro benzene ring substituents is 1. The number of nitrogens with one attached hydrogen (secondary N) is 1. The molecule has 0 radical (unpaired) electrons. The topological polar surface area (TPSA) is 113 Å². The second kappa shape index (κ2) is 6.42. The third-order valence-corrected chi connectivity index (χ3v) is 3.75. The van der Waals surface area contributed by atoms with Gasteiger partial charge < -0.3 is 15.3 Å². The van der Waals surface area contributed by atoms with Crippen LogP contribution in [0.5, 0.6) is 0 Å². The number of urea groups is 1. The minimum atomic E-state index is -0.901. The van der Waals surface area contributed by atoms with Crippen molar-refractivity contribution in [2.75, 3.05) is 13.1 Å². The van der Waals surface area contributed by atoms with Crippen molar-refractivity contribution in [3.63, 3.8) is 0 Å². The molecule has 1 fully saturated rings. The van der Waals surface area contributed by atoms with E-state index >= 15 is 0 Å². The highest BCUT2D eigenvalue weighted by molar-refractivity contribution is 5.77. The number of nitro benzene ring substituents is 1. The van der Waals surface area contributed by atoms with Crippen molar-refractivity contribution in [1.82, 2.24) is 10.2 Å². The molecule has 22 heavy (non-hydrogen) atoms. The third-order valence-electron chi connectivity index (χ3n) is 3.75. The number of aliphatic carboxylic acids is 1. The highest BCUT2D eigenvalue weighted by Crippen LogP contribution is 2.21. The zero-order valence-corrected chi connectivity index (χ0v) is 12.1. The quantitative estimate of drug-likeness (QED) is 0.650. The number of carbonyl (C=O) groups excluding carboxylic acids is 1. The summed E-state index contributed by atoms with van der Waals surface area (Å²) in [5, 5.41) is 22.4. The van der Waals surface area contributed by atoms with Gasteiger partial charge in [-0.1, -0.05) is 12.1 Å². The average molecular weight is 307 g/mol. The summed E-state index contributed by atoms with van der Waals surface area (Å²) in [6.45, 7) is 2.30. The number of nitrogens with zero attached hydrogens (tertiary/aromatic N) is 2. The molecule has 0 bridgehead atoms. The molecule has 1 aromatic carbocycles. The van der Waals surface area contributed by atoms with Crippen molar-refractivity contribution in [1.29, 1.82) is 0 Å². The molecule has 1 aromatic rings. The SMILES string of the molecule is CC(NC(=O)N1CCC(C(=O)O)C1)c1cccc([N+](=O)[O-])c1. The Morgan fingerprint density at radius 2 is 2.23 bits per heavy atom. The van der Waals surface area contributed by atoms with Gasteiger partial charge in [0.25, 0.3) is 5.69 Å². The molecular formula is C14H17N3O5. The minimum Gasteiger partial charge on any atom is -0.481 e. The van der Waals surface area contributed by atoms with Crippen molar-refractivity contribution >= 4 is 17.7 Å². The van der Waals surface area contributed by atoms with E-state index in [9.17, 15) is 19.7 Å². The number of nitro groups is 1. The van der Waals surface area contributed by atoms with Crippen molar-refractivity contribution in [2.45, 2.75) is 19.4 Å². The maximum absolute atomic E-state index is 12.1. The summed E-state index contributed by atoms with van der Waals surface area (Å²) in [5.74, 6) is -1.43. The smallest absolute Gasteiger partial charge is 0.317 e. The zero-order valence-electron chi connectivity index (χ0n) is 12.1. The number of carboxylic acid groups (broad SMARTS) is 1. The third kappa shape index (κ3) is 3.51. The maximum atomic E-state index is 12.1. The molecule has 8 nitrogen and oxygen atoms in total. The number of amides is 2. The Kier molecular flexibility index (Phi) is 4.59. The summed E-state index contributed by atoms with van der Waals surface area (Å²) >= 11 is 0. The number of rotatable bonds is 4. The molecule has 1 aliphatic rings. The minimum absolute atomic E-state index is 0.0364. The maximum Gasteiger partial charge on any atom is 0.317 e. The summed E-state index contributed by atoms with van der Waals surface area (Å²) in [6.07, 6.45) is 0.438. The van der Waals surface area contributed by atoms with Crippen molar-refractivity contribution in [3.8, 4) is 0 Å². The molecule has 2 N–H and O–H groups in total. The Labute approximate surface area is 126 Å². The summed E-state index contributed by atoms with van der Waals surface area (Å²) in [5.41, 5.74) is 0.585. The number of likely N-dealkylation sites (tertiary alicyclic amines) is 1. The summed E-state index contributed by atoms with van der Waals surface area (Å²) in [6, 6.07) is 5.29. The van der Waals surface area contributed by atoms with Gasteiger partial charge in [0.1, 0.15) is 0 Å². The number of hydrogen-bond acceptors (Lipinski definition) is 4. The van der Waals surface area contributed by atoms with Gasteiger partial charge in [-0.25, -0.2) is 4.79 Å². The molecule has 8 heteroatoms. The molecule has 118 valence electrons. The van der Waals surface area contributed by atoms with Crippen LogP contribution < -0.4 is 5.32 Å². The summed E-state index contributed by atoms with van der Waals surface area (Å²) in [4.78, 5) is 34.7. The van der Waals surface area contributed by atoms with E-state index in [1.165, 1.54) is 17.0 Å². The van der Waals surface area contributed by atoms with E-state index in [0.29, 0.717) is 18.5 Å². The van der Waals surface area contributed by atoms with Crippen LogP contribution in [-0.4, -0.2) is 40.0 Å². The van der Waals surface area contributed by atoms with Gasteiger partial charge in [0.15, 0.2) is 0 Å². The van der Waals surface area contributed by atoms with Crippen LogP contribution in [0.15, 0.2) is 24.3 Å². The molecule has 1 aliphatic heterocycles. The molecule has 0 aromatic heterocycles. The van der Waals surface area contributed by atoms with Gasteiger partial charge in [-0.05, 0) is 18.9 Å². The molecule has 2 amide bonds. The van der Waals surface area contributed by atoms with Gasteiger partial charge in [-0.15, -0.1) is 0 Å². The molecule has 1 saturated heterocycles. The Bertz CT molecular complexity index is 604. The predicted molar refractivity (Wildman–Crippen MR) is 77.4 cm³/mol. The second-order valence-electron chi connectivity index (χ2n) is 5.29. The number of benzene rings is 1. The molecular weight excluding hydrogens is 290 g/mol. The van der Waals surface area contributed by atoms with E-state index < -0.39 is 22.9 Å². The largest absolute Gasteiger partial charge is 0.481 e. The van der Waals surface area contributed by atoms with Crippen molar-refractivity contribution in [2.24, 2.45) is 5.92 Å². The van der Waals surface area contributed by atoms with E-state index in [1.807, 2.05) is 0 Å². The first-order chi connectivity index (χ1) is 10.4. The average Bonchev–Trinajstić information content (AvgIpc) is 2.97. The Hall–Kier alpha value is -2.64. The van der Waals surface area contributed by atoms with Crippen LogP contribution in [0.4, 0.5) is 10.5 Å². The molecule has 0 aliphatic carbocycles. The van der Waals surface area contributed by atoms with Crippen molar-refractivity contribution in [3.05, 3.63) is 39.9 Å². The van der Waals surface area contributed by atoms with Gasteiger partial charge in [0.05, 0.1) is 16.9 Å².